The van der Waals surface area contributed by atoms with E-state index < -0.39 is 0 Å². The van der Waals surface area contributed by atoms with Crippen LogP contribution in [0.4, 0.5) is 0 Å². The van der Waals surface area contributed by atoms with Crippen molar-refractivity contribution >= 4 is 17.7 Å². The fourth-order valence-electron chi connectivity index (χ4n) is 0.695. The standard InChI is InChI=1S/C7H13NOS/c1-2-5-10-6-7(9)8-3-4-8/h2-6H2,1H3. The fraction of sp³-hybridized carbons (Fsp3) is 0.857. The molecule has 0 spiro atoms. The van der Waals surface area contributed by atoms with E-state index in [0.29, 0.717) is 11.7 Å². The van der Waals surface area contributed by atoms with E-state index in [2.05, 4.69) is 6.92 Å². The molecule has 1 aliphatic rings. The zero-order chi connectivity index (χ0) is 7.40. The molecule has 0 radical (unpaired) electrons. The molecular formula is C7H13NOS. The molecule has 0 aliphatic carbocycles. The minimum absolute atomic E-state index is 0.318. The smallest absolute Gasteiger partial charge is 0.232 e. The molecule has 1 aliphatic heterocycles. The van der Waals surface area contributed by atoms with Gasteiger partial charge in [-0.3, -0.25) is 4.79 Å². The van der Waals surface area contributed by atoms with Crippen molar-refractivity contribution in [2.24, 2.45) is 0 Å². The van der Waals surface area contributed by atoms with Gasteiger partial charge in [0.2, 0.25) is 5.91 Å². The van der Waals surface area contributed by atoms with Crippen LogP contribution in [0.3, 0.4) is 0 Å². The van der Waals surface area contributed by atoms with Crippen molar-refractivity contribution in [2.45, 2.75) is 13.3 Å². The Morgan fingerprint density at radius 3 is 2.80 bits per heavy atom. The van der Waals surface area contributed by atoms with Gasteiger partial charge in [0, 0.05) is 13.1 Å². The number of carbonyl (C=O) groups excluding carboxylic acids is 1. The van der Waals surface area contributed by atoms with E-state index in [1.165, 1.54) is 0 Å². The lowest BCUT2D eigenvalue weighted by molar-refractivity contribution is -0.123. The topological polar surface area (TPSA) is 20.1 Å². The Hall–Kier alpha value is -0.180. The van der Waals surface area contributed by atoms with E-state index in [-0.39, 0.29) is 0 Å². The highest BCUT2D eigenvalue weighted by Crippen LogP contribution is 2.09. The number of nitrogens with zero attached hydrogens (tertiary/aromatic N) is 1. The van der Waals surface area contributed by atoms with Crippen molar-refractivity contribution in [1.29, 1.82) is 0 Å². The first kappa shape index (κ1) is 7.92. The molecule has 0 bridgehead atoms. The van der Waals surface area contributed by atoms with Gasteiger partial charge in [-0.2, -0.15) is 11.8 Å². The molecule has 0 saturated carbocycles. The number of hydrogen-bond acceptors (Lipinski definition) is 2. The van der Waals surface area contributed by atoms with Gasteiger partial charge in [0.15, 0.2) is 0 Å². The maximum absolute atomic E-state index is 11.0. The van der Waals surface area contributed by atoms with Crippen molar-refractivity contribution in [3.05, 3.63) is 0 Å². The lowest BCUT2D eigenvalue weighted by Gasteiger charge is -1.98. The molecule has 2 nitrogen and oxygen atoms in total. The zero-order valence-electron chi connectivity index (χ0n) is 6.30. The first-order valence-corrected chi connectivity index (χ1v) is 4.85. The number of rotatable bonds is 4. The molecule has 0 aromatic heterocycles. The van der Waals surface area contributed by atoms with Crippen LogP contribution in [0.15, 0.2) is 0 Å². The van der Waals surface area contributed by atoms with Crippen LogP contribution in [0.2, 0.25) is 0 Å². The van der Waals surface area contributed by atoms with Gasteiger partial charge < -0.3 is 4.90 Å². The van der Waals surface area contributed by atoms with Gasteiger partial charge in [-0.25, -0.2) is 0 Å². The lowest BCUT2D eigenvalue weighted by atomic mass is 10.6. The SMILES string of the molecule is CCCSCC(=O)N1CC1. The summed E-state index contributed by atoms with van der Waals surface area (Å²) in [4.78, 5) is 12.9. The summed E-state index contributed by atoms with van der Waals surface area (Å²) in [6, 6.07) is 0. The molecule has 10 heavy (non-hydrogen) atoms. The summed E-state index contributed by atoms with van der Waals surface area (Å²) in [7, 11) is 0. The van der Waals surface area contributed by atoms with Crippen LogP contribution >= 0.6 is 11.8 Å². The van der Waals surface area contributed by atoms with Gasteiger partial charge >= 0.3 is 0 Å². The minimum atomic E-state index is 0.318. The van der Waals surface area contributed by atoms with Gasteiger partial charge in [-0.05, 0) is 12.2 Å². The van der Waals surface area contributed by atoms with Crippen molar-refractivity contribution in [1.82, 2.24) is 4.90 Å². The Bertz CT molecular complexity index is 123. The molecule has 1 amide bonds. The number of thioether (sulfide) groups is 1. The second-order valence-electron chi connectivity index (χ2n) is 2.43. The van der Waals surface area contributed by atoms with Crippen LogP contribution in [0.25, 0.3) is 0 Å². The third kappa shape index (κ3) is 2.60. The van der Waals surface area contributed by atoms with Crippen LogP contribution in [0.5, 0.6) is 0 Å². The highest BCUT2D eigenvalue weighted by molar-refractivity contribution is 7.99. The normalized spacial score (nSPS) is 15.5. The molecule has 1 fully saturated rings. The van der Waals surface area contributed by atoms with Crippen molar-refractivity contribution in [2.75, 3.05) is 24.6 Å². The summed E-state index contributed by atoms with van der Waals surface area (Å²) in [5.74, 6) is 2.12. The summed E-state index contributed by atoms with van der Waals surface area (Å²) in [5, 5.41) is 0. The summed E-state index contributed by atoms with van der Waals surface area (Å²) >= 11 is 1.74. The maximum atomic E-state index is 11.0. The Kier molecular flexibility index (Phi) is 3.06. The molecule has 1 rings (SSSR count). The Morgan fingerprint density at radius 1 is 1.60 bits per heavy atom. The van der Waals surface area contributed by atoms with Gasteiger partial charge in [-0.15, -0.1) is 0 Å². The van der Waals surface area contributed by atoms with Crippen LogP contribution in [-0.2, 0) is 4.79 Å². The molecule has 58 valence electrons. The zero-order valence-corrected chi connectivity index (χ0v) is 7.12. The molecule has 0 aromatic rings. The second kappa shape index (κ2) is 3.86. The van der Waals surface area contributed by atoms with E-state index in [1.54, 1.807) is 11.8 Å². The number of amides is 1. The first-order valence-electron chi connectivity index (χ1n) is 3.70. The van der Waals surface area contributed by atoms with Crippen molar-refractivity contribution in [3.63, 3.8) is 0 Å². The maximum Gasteiger partial charge on any atom is 0.232 e. The van der Waals surface area contributed by atoms with Gasteiger partial charge in [0.25, 0.3) is 0 Å². The molecular weight excluding hydrogens is 146 g/mol. The van der Waals surface area contributed by atoms with Gasteiger partial charge in [-0.1, -0.05) is 6.92 Å². The quantitative estimate of drug-likeness (QED) is 0.450. The second-order valence-corrected chi connectivity index (χ2v) is 3.54. The Balaban J connectivity index is 1.95. The lowest BCUT2D eigenvalue weighted by Crippen LogP contribution is -2.12. The van der Waals surface area contributed by atoms with Crippen LogP contribution in [0.1, 0.15) is 13.3 Å². The van der Waals surface area contributed by atoms with Crippen molar-refractivity contribution in [3.8, 4) is 0 Å². The third-order valence-corrected chi connectivity index (χ3v) is 2.52. The molecule has 1 heterocycles. The highest BCUT2D eigenvalue weighted by atomic mass is 32.2. The van der Waals surface area contributed by atoms with Crippen molar-refractivity contribution < 1.29 is 4.79 Å². The van der Waals surface area contributed by atoms with E-state index in [4.69, 9.17) is 0 Å². The molecule has 0 aromatic carbocycles. The average molecular weight is 159 g/mol. The summed E-state index contributed by atoms with van der Waals surface area (Å²) in [6.07, 6.45) is 1.16. The summed E-state index contributed by atoms with van der Waals surface area (Å²) in [6.45, 7) is 4.12. The fourth-order valence-corrected chi connectivity index (χ4v) is 1.48. The van der Waals surface area contributed by atoms with Crippen LogP contribution in [-0.4, -0.2) is 35.4 Å². The predicted octanol–water partition coefficient (Wildman–Crippen LogP) is 0.972. The largest absolute Gasteiger partial charge is 0.338 e. The average Bonchev–Trinajstić information content (AvgIpc) is 2.69. The molecule has 1 saturated heterocycles. The molecule has 0 N–H and O–H groups in total. The molecule has 3 heteroatoms. The molecule has 0 atom stereocenters. The Morgan fingerprint density at radius 2 is 2.30 bits per heavy atom. The van der Waals surface area contributed by atoms with Crippen LogP contribution in [0, 0.1) is 0 Å². The third-order valence-electron chi connectivity index (χ3n) is 1.37. The minimum Gasteiger partial charge on any atom is -0.338 e. The first-order chi connectivity index (χ1) is 4.84. The van der Waals surface area contributed by atoms with Crippen LogP contribution < -0.4 is 0 Å². The number of hydrogen-bond donors (Lipinski definition) is 0. The predicted molar refractivity (Wildman–Crippen MR) is 44.2 cm³/mol. The van der Waals surface area contributed by atoms with E-state index in [9.17, 15) is 4.79 Å². The highest BCUT2D eigenvalue weighted by Gasteiger charge is 2.22. The Labute approximate surface area is 66.0 Å². The van der Waals surface area contributed by atoms with E-state index in [0.717, 1.165) is 25.3 Å². The number of carbonyl (C=O) groups is 1. The monoisotopic (exact) mass is 159 g/mol. The van der Waals surface area contributed by atoms with E-state index >= 15 is 0 Å². The van der Waals surface area contributed by atoms with Gasteiger partial charge in [0.1, 0.15) is 0 Å². The summed E-state index contributed by atoms with van der Waals surface area (Å²) < 4.78 is 0. The van der Waals surface area contributed by atoms with E-state index in [1.807, 2.05) is 4.90 Å². The summed E-state index contributed by atoms with van der Waals surface area (Å²) in [5.41, 5.74) is 0. The molecule has 0 unspecified atom stereocenters. The van der Waals surface area contributed by atoms with Gasteiger partial charge in [0.05, 0.1) is 5.75 Å².